The van der Waals surface area contributed by atoms with E-state index in [4.69, 9.17) is 0 Å². The minimum atomic E-state index is -0.350. The summed E-state index contributed by atoms with van der Waals surface area (Å²) >= 11 is 0. The number of amides is 2. The van der Waals surface area contributed by atoms with Crippen molar-refractivity contribution in [2.75, 3.05) is 7.05 Å². The Bertz CT molecular complexity index is 573. The van der Waals surface area contributed by atoms with Crippen LogP contribution in [0.4, 0.5) is 4.39 Å². The molecule has 1 fully saturated rings. The lowest BCUT2D eigenvalue weighted by molar-refractivity contribution is -0.148. The van der Waals surface area contributed by atoms with Crippen LogP contribution in [-0.2, 0) is 16.0 Å². The second kappa shape index (κ2) is 4.98. The second-order valence-corrected chi connectivity index (χ2v) is 5.45. The van der Waals surface area contributed by atoms with Crippen LogP contribution < -0.4 is 5.32 Å². The summed E-state index contributed by atoms with van der Waals surface area (Å²) in [7, 11) is 1.51. The van der Waals surface area contributed by atoms with Crippen molar-refractivity contribution in [3.63, 3.8) is 0 Å². The lowest BCUT2D eigenvalue weighted by atomic mass is 10.0. The summed E-state index contributed by atoms with van der Waals surface area (Å²) in [4.78, 5) is 24.7. The minimum absolute atomic E-state index is 0.00347. The fourth-order valence-corrected chi connectivity index (χ4v) is 3.10. The van der Waals surface area contributed by atoms with E-state index in [0.717, 1.165) is 17.5 Å². The van der Waals surface area contributed by atoms with Gasteiger partial charge in [-0.3, -0.25) is 19.8 Å². The first kappa shape index (κ1) is 13.2. The van der Waals surface area contributed by atoms with Gasteiger partial charge in [-0.05, 0) is 36.5 Å². The summed E-state index contributed by atoms with van der Waals surface area (Å²) in [6.45, 7) is 0. The van der Waals surface area contributed by atoms with Gasteiger partial charge >= 0.3 is 0 Å². The van der Waals surface area contributed by atoms with Gasteiger partial charge in [0.05, 0.1) is 6.04 Å². The number of piperidine rings is 1. The number of benzene rings is 1. The highest BCUT2D eigenvalue weighted by Gasteiger charge is 2.35. The van der Waals surface area contributed by atoms with Crippen molar-refractivity contribution in [1.29, 1.82) is 0 Å². The zero-order valence-electron chi connectivity index (χ0n) is 11.4. The van der Waals surface area contributed by atoms with Gasteiger partial charge in [0.2, 0.25) is 11.8 Å². The smallest absolute Gasteiger partial charge is 0.246 e. The molecule has 2 atom stereocenters. The molecule has 0 saturated carbocycles. The number of fused-ring (bicyclic) bond motifs is 1. The number of likely N-dealkylation sites (N-methyl/N-ethyl adjacent to an activating group) is 1. The number of carbonyl (C=O) groups excluding carboxylic acids is 2. The second-order valence-electron chi connectivity index (χ2n) is 5.45. The largest absolute Gasteiger partial charge is 0.299 e. The molecule has 5 heteroatoms. The number of hydrogen-bond donors (Lipinski definition) is 1. The Balaban J connectivity index is 1.76. The van der Waals surface area contributed by atoms with Crippen LogP contribution in [0.3, 0.4) is 0 Å². The number of likely N-dealkylation sites (tertiary alicyclic amines) is 1. The average Bonchev–Trinajstić information content (AvgIpc) is 2.84. The molecule has 1 heterocycles. The molecule has 0 aromatic heterocycles. The SMILES string of the molecule is CN1C(=O)CCC(NC2CCc3c(F)cccc32)C1=O. The zero-order valence-corrected chi connectivity index (χ0v) is 11.4. The van der Waals surface area contributed by atoms with Gasteiger partial charge in [-0.15, -0.1) is 0 Å². The van der Waals surface area contributed by atoms with Crippen LogP contribution >= 0.6 is 0 Å². The molecule has 3 rings (SSSR count). The highest BCUT2D eigenvalue weighted by atomic mass is 19.1. The van der Waals surface area contributed by atoms with E-state index in [9.17, 15) is 14.0 Å². The third-order valence-corrected chi connectivity index (χ3v) is 4.27. The lowest BCUT2D eigenvalue weighted by Gasteiger charge is -2.30. The summed E-state index contributed by atoms with van der Waals surface area (Å²) in [5.41, 5.74) is 1.69. The van der Waals surface area contributed by atoms with Crippen LogP contribution in [0.1, 0.15) is 36.4 Å². The fourth-order valence-electron chi connectivity index (χ4n) is 3.10. The molecule has 1 aliphatic carbocycles. The Morgan fingerprint density at radius 1 is 1.20 bits per heavy atom. The van der Waals surface area contributed by atoms with E-state index in [0.29, 0.717) is 19.3 Å². The molecule has 1 saturated heterocycles. The van der Waals surface area contributed by atoms with E-state index in [1.54, 1.807) is 6.07 Å². The molecule has 0 radical (unpaired) electrons. The zero-order chi connectivity index (χ0) is 14.3. The quantitative estimate of drug-likeness (QED) is 0.834. The van der Waals surface area contributed by atoms with Gasteiger partial charge < -0.3 is 0 Å². The Morgan fingerprint density at radius 2 is 1.95 bits per heavy atom. The molecule has 2 aliphatic rings. The molecule has 1 aromatic carbocycles. The van der Waals surface area contributed by atoms with Crippen LogP contribution in [0, 0.1) is 5.82 Å². The Morgan fingerprint density at radius 3 is 2.75 bits per heavy atom. The van der Waals surface area contributed by atoms with E-state index in [1.807, 2.05) is 6.07 Å². The average molecular weight is 276 g/mol. The number of hydrogen-bond acceptors (Lipinski definition) is 3. The minimum Gasteiger partial charge on any atom is -0.299 e. The van der Waals surface area contributed by atoms with Crippen molar-refractivity contribution in [2.24, 2.45) is 0 Å². The van der Waals surface area contributed by atoms with Crippen LogP contribution in [0.15, 0.2) is 18.2 Å². The summed E-state index contributed by atoms with van der Waals surface area (Å²) in [5, 5.41) is 3.29. The van der Waals surface area contributed by atoms with Gasteiger partial charge in [-0.1, -0.05) is 12.1 Å². The van der Waals surface area contributed by atoms with Crippen molar-refractivity contribution < 1.29 is 14.0 Å². The predicted molar refractivity (Wildman–Crippen MR) is 71.4 cm³/mol. The third kappa shape index (κ3) is 2.12. The van der Waals surface area contributed by atoms with Crippen molar-refractivity contribution in [3.05, 3.63) is 35.1 Å². The maximum atomic E-state index is 13.7. The number of carbonyl (C=O) groups is 2. The topological polar surface area (TPSA) is 49.4 Å². The third-order valence-electron chi connectivity index (χ3n) is 4.27. The summed E-state index contributed by atoms with van der Waals surface area (Å²) in [5.74, 6) is -0.494. The lowest BCUT2D eigenvalue weighted by Crippen LogP contribution is -2.52. The highest BCUT2D eigenvalue weighted by molar-refractivity contribution is 6.00. The van der Waals surface area contributed by atoms with Crippen LogP contribution in [-0.4, -0.2) is 29.8 Å². The summed E-state index contributed by atoms with van der Waals surface area (Å²) < 4.78 is 13.7. The molecule has 2 amide bonds. The molecule has 20 heavy (non-hydrogen) atoms. The number of nitrogens with one attached hydrogen (secondary N) is 1. The van der Waals surface area contributed by atoms with Gasteiger partial charge in [-0.25, -0.2) is 4.39 Å². The number of rotatable bonds is 2. The van der Waals surface area contributed by atoms with Crippen LogP contribution in [0.25, 0.3) is 0 Å². The van der Waals surface area contributed by atoms with Crippen LogP contribution in [0.2, 0.25) is 0 Å². The van der Waals surface area contributed by atoms with Crippen molar-refractivity contribution in [3.8, 4) is 0 Å². The Kier molecular flexibility index (Phi) is 3.30. The van der Waals surface area contributed by atoms with E-state index < -0.39 is 0 Å². The molecule has 4 nitrogen and oxygen atoms in total. The molecule has 1 aromatic rings. The van der Waals surface area contributed by atoms with Gasteiger partial charge in [0.1, 0.15) is 5.82 Å². The molecular formula is C15H17FN2O2. The van der Waals surface area contributed by atoms with E-state index in [1.165, 1.54) is 18.0 Å². The molecule has 106 valence electrons. The maximum Gasteiger partial charge on any atom is 0.246 e. The van der Waals surface area contributed by atoms with Gasteiger partial charge in [0.15, 0.2) is 0 Å². The van der Waals surface area contributed by atoms with Crippen molar-refractivity contribution in [1.82, 2.24) is 10.2 Å². The van der Waals surface area contributed by atoms with E-state index in [2.05, 4.69) is 5.32 Å². The van der Waals surface area contributed by atoms with Crippen LogP contribution in [0.5, 0.6) is 0 Å². The number of halogens is 1. The Hall–Kier alpha value is -1.75. The first-order chi connectivity index (χ1) is 9.58. The molecule has 1 N–H and O–H groups in total. The summed E-state index contributed by atoms with van der Waals surface area (Å²) in [6, 6.07) is 4.73. The number of imide groups is 1. The van der Waals surface area contributed by atoms with Gasteiger partial charge in [0.25, 0.3) is 0 Å². The molecule has 0 bridgehead atoms. The standard InChI is InChI=1S/C15H17FN2O2/c1-18-14(19)8-7-13(15(18)20)17-12-6-5-9-10(12)3-2-4-11(9)16/h2-4,12-13,17H,5-8H2,1H3. The highest BCUT2D eigenvalue weighted by Crippen LogP contribution is 2.33. The molecular weight excluding hydrogens is 259 g/mol. The van der Waals surface area contributed by atoms with E-state index >= 15 is 0 Å². The van der Waals surface area contributed by atoms with Crippen molar-refractivity contribution in [2.45, 2.75) is 37.8 Å². The van der Waals surface area contributed by atoms with Gasteiger partial charge in [-0.2, -0.15) is 0 Å². The molecule has 2 unspecified atom stereocenters. The molecule has 0 spiro atoms. The predicted octanol–water partition coefficient (Wildman–Crippen LogP) is 1.55. The Labute approximate surface area is 117 Å². The van der Waals surface area contributed by atoms with Gasteiger partial charge in [0, 0.05) is 19.5 Å². The first-order valence-corrected chi connectivity index (χ1v) is 6.91. The van der Waals surface area contributed by atoms with Crippen molar-refractivity contribution >= 4 is 11.8 Å². The first-order valence-electron chi connectivity index (χ1n) is 6.91. The maximum absolute atomic E-state index is 13.7. The molecule has 1 aliphatic heterocycles. The fraction of sp³-hybridized carbons (Fsp3) is 0.467. The van der Waals surface area contributed by atoms with E-state index in [-0.39, 0.29) is 29.7 Å². The monoisotopic (exact) mass is 276 g/mol. The summed E-state index contributed by atoms with van der Waals surface area (Å²) in [6.07, 6.45) is 2.37. The number of nitrogens with zero attached hydrogens (tertiary/aromatic N) is 1. The normalized spacial score (nSPS) is 26.0.